The highest BCUT2D eigenvalue weighted by molar-refractivity contribution is 6.08. The molecule has 2 heterocycles. The number of amides is 1. The van der Waals surface area contributed by atoms with Gasteiger partial charge in [-0.3, -0.25) is 14.9 Å². The zero-order valence-corrected chi connectivity index (χ0v) is 15.8. The van der Waals surface area contributed by atoms with E-state index in [1.807, 2.05) is 60.7 Å². The molecule has 2 N–H and O–H groups in total. The third kappa shape index (κ3) is 3.25. The van der Waals surface area contributed by atoms with Crippen molar-refractivity contribution in [2.75, 3.05) is 12.4 Å². The highest BCUT2D eigenvalue weighted by Crippen LogP contribution is 2.32. The summed E-state index contributed by atoms with van der Waals surface area (Å²) >= 11 is 0. The fourth-order valence-corrected chi connectivity index (χ4v) is 3.51. The van der Waals surface area contributed by atoms with E-state index in [-0.39, 0.29) is 5.91 Å². The summed E-state index contributed by atoms with van der Waals surface area (Å²) in [7, 11) is 1.66. The number of nitrogens with zero attached hydrogens (tertiary/aromatic N) is 2. The number of aliphatic imine (C=N–C) groups is 1. The van der Waals surface area contributed by atoms with E-state index in [9.17, 15) is 4.79 Å². The van der Waals surface area contributed by atoms with Crippen LogP contribution in [0.15, 0.2) is 71.9 Å². The molecule has 0 atom stereocenters. The first-order chi connectivity index (χ1) is 14.2. The van der Waals surface area contributed by atoms with Crippen molar-refractivity contribution in [3.63, 3.8) is 0 Å². The number of rotatable bonds is 4. The lowest BCUT2D eigenvalue weighted by atomic mass is 10.0. The van der Waals surface area contributed by atoms with Gasteiger partial charge < -0.3 is 10.1 Å². The Labute approximate surface area is 167 Å². The minimum absolute atomic E-state index is 0.152. The van der Waals surface area contributed by atoms with Crippen molar-refractivity contribution in [3.8, 4) is 5.75 Å². The van der Waals surface area contributed by atoms with Gasteiger partial charge in [0.1, 0.15) is 5.75 Å². The van der Waals surface area contributed by atoms with Crippen molar-refractivity contribution in [1.29, 1.82) is 0 Å². The SMILES string of the molecule is COc1ccc2c(c1)CC(c1ccc(C(=O)Nc3ccc4[nH]ncc4c3)cc1)=N2. The number of aromatic nitrogens is 2. The van der Waals surface area contributed by atoms with Crippen LogP contribution in [0.4, 0.5) is 11.4 Å². The van der Waals surface area contributed by atoms with Crippen molar-refractivity contribution in [2.24, 2.45) is 4.99 Å². The Kier molecular flexibility index (Phi) is 4.09. The predicted octanol–water partition coefficient (Wildman–Crippen LogP) is 4.50. The van der Waals surface area contributed by atoms with Gasteiger partial charge in [0.25, 0.3) is 5.91 Å². The summed E-state index contributed by atoms with van der Waals surface area (Å²) in [5, 5.41) is 10.8. The highest BCUT2D eigenvalue weighted by Gasteiger charge is 2.17. The van der Waals surface area contributed by atoms with Gasteiger partial charge in [-0.05, 0) is 59.7 Å². The summed E-state index contributed by atoms with van der Waals surface area (Å²) in [4.78, 5) is 17.3. The summed E-state index contributed by atoms with van der Waals surface area (Å²) in [5.41, 5.74) is 6.38. The molecule has 6 heteroatoms. The van der Waals surface area contributed by atoms with Gasteiger partial charge in [-0.25, -0.2) is 0 Å². The molecule has 142 valence electrons. The van der Waals surface area contributed by atoms with E-state index < -0.39 is 0 Å². The maximum absolute atomic E-state index is 12.6. The molecule has 1 aliphatic heterocycles. The van der Waals surface area contributed by atoms with Crippen LogP contribution in [-0.4, -0.2) is 28.9 Å². The lowest BCUT2D eigenvalue weighted by molar-refractivity contribution is 0.102. The van der Waals surface area contributed by atoms with Gasteiger partial charge in [0.2, 0.25) is 0 Å². The van der Waals surface area contributed by atoms with Crippen LogP contribution in [0.25, 0.3) is 10.9 Å². The number of fused-ring (bicyclic) bond motifs is 2. The minimum atomic E-state index is -0.152. The zero-order chi connectivity index (χ0) is 19.8. The molecule has 0 bridgehead atoms. The Hall–Kier alpha value is -3.93. The summed E-state index contributed by atoms with van der Waals surface area (Å²) < 4.78 is 5.29. The molecule has 0 spiro atoms. The third-order valence-corrected chi connectivity index (χ3v) is 5.08. The monoisotopic (exact) mass is 382 g/mol. The van der Waals surface area contributed by atoms with Gasteiger partial charge in [0.15, 0.2) is 0 Å². The van der Waals surface area contributed by atoms with Crippen molar-refractivity contribution >= 4 is 33.9 Å². The molecule has 0 radical (unpaired) electrons. The number of ether oxygens (including phenoxy) is 1. The van der Waals surface area contributed by atoms with Crippen LogP contribution in [-0.2, 0) is 6.42 Å². The van der Waals surface area contributed by atoms with Crippen LogP contribution in [0.1, 0.15) is 21.5 Å². The Morgan fingerprint density at radius 1 is 1.07 bits per heavy atom. The average molecular weight is 382 g/mol. The first-order valence-corrected chi connectivity index (χ1v) is 9.29. The molecule has 0 fully saturated rings. The molecular weight excluding hydrogens is 364 g/mol. The van der Waals surface area contributed by atoms with Crippen LogP contribution in [0, 0.1) is 0 Å². The van der Waals surface area contributed by atoms with E-state index in [1.54, 1.807) is 13.3 Å². The first-order valence-electron chi connectivity index (χ1n) is 9.29. The molecule has 0 saturated carbocycles. The van der Waals surface area contributed by atoms with Crippen LogP contribution in [0.5, 0.6) is 5.75 Å². The van der Waals surface area contributed by atoms with Crippen molar-refractivity contribution in [1.82, 2.24) is 10.2 Å². The Morgan fingerprint density at radius 3 is 2.76 bits per heavy atom. The average Bonchev–Trinajstić information content (AvgIpc) is 3.39. The number of methoxy groups -OCH3 is 1. The molecule has 3 aromatic carbocycles. The number of H-pyrrole nitrogens is 1. The number of hydrogen-bond acceptors (Lipinski definition) is 4. The molecule has 0 saturated heterocycles. The van der Waals surface area contributed by atoms with Gasteiger partial charge in [-0.2, -0.15) is 5.10 Å². The Balaban J connectivity index is 1.31. The zero-order valence-electron chi connectivity index (χ0n) is 15.8. The number of carbonyl (C=O) groups excluding carboxylic acids is 1. The molecule has 6 nitrogen and oxygen atoms in total. The van der Waals surface area contributed by atoms with E-state index in [4.69, 9.17) is 9.73 Å². The minimum Gasteiger partial charge on any atom is -0.497 e. The van der Waals surface area contributed by atoms with Gasteiger partial charge in [-0.1, -0.05) is 12.1 Å². The number of aromatic amines is 1. The van der Waals surface area contributed by atoms with Crippen LogP contribution in [0.2, 0.25) is 0 Å². The van der Waals surface area contributed by atoms with Crippen molar-refractivity contribution in [3.05, 3.63) is 83.6 Å². The van der Waals surface area contributed by atoms with E-state index >= 15 is 0 Å². The normalized spacial score (nSPS) is 12.5. The Morgan fingerprint density at radius 2 is 1.93 bits per heavy atom. The van der Waals surface area contributed by atoms with E-state index in [0.717, 1.165) is 51.3 Å². The second kappa shape index (κ2) is 6.91. The maximum atomic E-state index is 12.6. The largest absolute Gasteiger partial charge is 0.497 e. The van der Waals surface area contributed by atoms with Crippen LogP contribution >= 0.6 is 0 Å². The molecule has 1 amide bonds. The first kappa shape index (κ1) is 17.2. The number of nitrogens with one attached hydrogen (secondary N) is 2. The molecule has 29 heavy (non-hydrogen) atoms. The van der Waals surface area contributed by atoms with Gasteiger partial charge in [0.05, 0.1) is 30.2 Å². The van der Waals surface area contributed by atoms with Gasteiger partial charge in [-0.15, -0.1) is 0 Å². The fourth-order valence-electron chi connectivity index (χ4n) is 3.51. The van der Waals surface area contributed by atoms with Gasteiger partial charge >= 0.3 is 0 Å². The summed E-state index contributed by atoms with van der Waals surface area (Å²) in [6.07, 6.45) is 2.48. The second-order valence-electron chi connectivity index (χ2n) is 6.93. The smallest absolute Gasteiger partial charge is 0.255 e. The van der Waals surface area contributed by atoms with E-state index in [1.165, 1.54) is 0 Å². The number of anilines is 1. The van der Waals surface area contributed by atoms with Crippen LogP contribution < -0.4 is 10.1 Å². The molecule has 4 aromatic rings. The fraction of sp³-hybridized carbons (Fsp3) is 0.0870. The molecular formula is C23H18N4O2. The van der Waals surface area contributed by atoms with Crippen LogP contribution in [0.3, 0.4) is 0 Å². The highest BCUT2D eigenvalue weighted by atomic mass is 16.5. The third-order valence-electron chi connectivity index (χ3n) is 5.08. The number of carbonyl (C=O) groups is 1. The lowest BCUT2D eigenvalue weighted by Gasteiger charge is -2.07. The van der Waals surface area contributed by atoms with E-state index in [0.29, 0.717) is 5.56 Å². The number of hydrogen-bond donors (Lipinski definition) is 2. The molecule has 0 aliphatic carbocycles. The quantitative estimate of drug-likeness (QED) is 0.545. The van der Waals surface area contributed by atoms with E-state index in [2.05, 4.69) is 15.5 Å². The van der Waals surface area contributed by atoms with Crippen molar-refractivity contribution < 1.29 is 9.53 Å². The topological polar surface area (TPSA) is 79.4 Å². The summed E-state index contributed by atoms with van der Waals surface area (Å²) in [5.74, 6) is 0.682. The standard InChI is InChI=1S/C23H18N4O2/c1-29-19-7-9-20-16(11-19)12-22(26-20)14-2-4-15(5-3-14)23(28)25-18-6-8-21-17(10-18)13-24-27-21/h2-11,13H,12H2,1H3,(H,24,27)(H,25,28). The molecule has 1 aliphatic rings. The van der Waals surface area contributed by atoms with Gasteiger partial charge in [0, 0.05) is 23.1 Å². The summed E-state index contributed by atoms with van der Waals surface area (Å²) in [6.45, 7) is 0. The Bertz CT molecular complexity index is 1260. The molecule has 5 rings (SSSR count). The lowest BCUT2D eigenvalue weighted by Crippen LogP contribution is -2.12. The van der Waals surface area contributed by atoms with Crippen molar-refractivity contribution in [2.45, 2.75) is 6.42 Å². The molecule has 1 aromatic heterocycles. The summed E-state index contributed by atoms with van der Waals surface area (Å²) in [6, 6.07) is 19.1. The molecule has 0 unspecified atom stereocenters. The predicted molar refractivity (Wildman–Crippen MR) is 113 cm³/mol. The number of benzene rings is 3. The maximum Gasteiger partial charge on any atom is 0.255 e. The second-order valence-corrected chi connectivity index (χ2v) is 6.93.